The lowest BCUT2D eigenvalue weighted by molar-refractivity contribution is 0.0702. The Morgan fingerprint density at radius 2 is 1.94 bits per heavy atom. The number of benzene rings is 1. The van der Waals surface area contributed by atoms with E-state index in [0.29, 0.717) is 11.1 Å². The van der Waals surface area contributed by atoms with Gasteiger partial charge in [0.15, 0.2) is 5.78 Å². The zero-order valence-electron chi connectivity index (χ0n) is 9.44. The van der Waals surface area contributed by atoms with Crippen molar-refractivity contribution in [3.63, 3.8) is 0 Å². The maximum Gasteiger partial charge on any atom is 0.346 e. The number of hydrogen-bond donors (Lipinski definition) is 1. The lowest BCUT2D eigenvalue weighted by atomic mass is 9.98. The van der Waals surface area contributed by atoms with Crippen LogP contribution in [0, 0.1) is 5.82 Å². The first-order valence-electron chi connectivity index (χ1n) is 5.12. The van der Waals surface area contributed by atoms with Gasteiger partial charge < -0.3 is 5.11 Å². The van der Waals surface area contributed by atoms with Gasteiger partial charge in [0.05, 0.1) is 0 Å². The lowest BCUT2D eigenvalue weighted by Gasteiger charge is -2.06. The number of halogens is 1. The predicted molar refractivity (Wildman–Crippen MR) is 66.7 cm³/mol. The fourth-order valence-corrected chi connectivity index (χ4v) is 2.48. The highest BCUT2D eigenvalue weighted by Gasteiger charge is 2.18. The summed E-state index contributed by atoms with van der Waals surface area (Å²) < 4.78 is 13.1. The first kappa shape index (κ1) is 12.4. The molecule has 5 heteroatoms. The number of hydrogen-bond acceptors (Lipinski definition) is 3. The summed E-state index contributed by atoms with van der Waals surface area (Å²) in [6.07, 6.45) is 0. The summed E-state index contributed by atoms with van der Waals surface area (Å²) in [5.41, 5.74) is 1.08. The molecular weight excluding hydrogens is 255 g/mol. The highest BCUT2D eigenvalue weighted by atomic mass is 32.1. The number of carboxylic acids is 1. The van der Waals surface area contributed by atoms with Crippen molar-refractivity contribution in [2.75, 3.05) is 0 Å². The number of carbonyl (C=O) groups excluding carboxylic acids is 1. The second-order valence-electron chi connectivity index (χ2n) is 3.71. The van der Waals surface area contributed by atoms with Crippen LogP contribution in [0.25, 0.3) is 11.1 Å². The van der Waals surface area contributed by atoms with Crippen molar-refractivity contribution in [1.82, 2.24) is 0 Å². The van der Waals surface area contributed by atoms with Crippen LogP contribution in [-0.2, 0) is 0 Å². The maximum atomic E-state index is 13.1. The van der Waals surface area contributed by atoms with Crippen LogP contribution in [0.3, 0.4) is 0 Å². The molecule has 0 unspecified atom stereocenters. The van der Waals surface area contributed by atoms with Gasteiger partial charge in [-0.1, -0.05) is 6.07 Å². The van der Waals surface area contributed by atoms with Crippen LogP contribution in [0.1, 0.15) is 27.0 Å². The van der Waals surface area contributed by atoms with Crippen LogP contribution >= 0.6 is 11.3 Å². The number of carboxylic acid groups (broad SMARTS) is 1. The molecule has 0 amide bonds. The molecule has 0 fully saturated rings. The number of ketones is 1. The molecule has 0 bridgehead atoms. The number of Topliss-reactive ketones (excluding diaryl/α,β-unsaturated/α-hetero) is 1. The van der Waals surface area contributed by atoms with E-state index in [9.17, 15) is 14.0 Å². The van der Waals surface area contributed by atoms with E-state index >= 15 is 0 Å². The van der Waals surface area contributed by atoms with Crippen molar-refractivity contribution in [3.05, 3.63) is 45.9 Å². The highest BCUT2D eigenvalue weighted by molar-refractivity contribution is 7.12. The summed E-state index contributed by atoms with van der Waals surface area (Å²) in [6.45, 7) is 1.32. The summed E-state index contributed by atoms with van der Waals surface area (Å²) in [6, 6.07) is 5.39. The van der Waals surface area contributed by atoms with E-state index in [1.165, 1.54) is 19.1 Å². The van der Waals surface area contributed by atoms with Crippen molar-refractivity contribution in [2.24, 2.45) is 0 Å². The summed E-state index contributed by atoms with van der Waals surface area (Å²) >= 11 is 1.07. The SMILES string of the molecule is CC(=O)c1cc(F)ccc1-c1ccsc1C(=O)O. The molecule has 1 heterocycles. The molecule has 0 aliphatic rings. The molecule has 0 spiro atoms. The van der Waals surface area contributed by atoms with E-state index in [1.54, 1.807) is 11.4 Å². The van der Waals surface area contributed by atoms with Gasteiger partial charge in [0.25, 0.3) is 0 Å². The van der Waals surface area contributed by atoms with Crippen LogP contribution in [0.5, 0.6) is 0 Å². The molecule has 2 rings (SSSR count). The van der Waals surface area contributed by atoms with Gasteiger partial charge in [0.1, 0.15) is 10.7 Å². The summed E-state index contributed by atoms with van der Waals surface area (Å²) in [5.74, 6) is -1.87. The van der Waals surface area contributed by atoms with Gasteiger partial charge in [0.2, 0.25) is 0 Å². The first-order chi connectivity index (χ1) is 8.50. The maximum absolute atomic E-state index is 13.1. The van der Waals surface area contributed by atoms with Gasteiger partial charge >= 0.3 is 5.97 Å². The smallest absolute Gasteiger partial charge is 0.346 e. The Morgan fingerprint density at radius 3 is 2.56 bits per heavy atom. The topological polar surface area (TPSA) is 54.4 Å². The van der Waals surface area contributed by atoms with Crippen LogP contribution in [0.4, 0.5) is 4.39 Å². The Bertz CT molecular complexity index is 631. The Balaban J connectivity index is 2.67. The summed E-state index contributed by atoms with van der Waals surface area (Å²) in [4.78, 5) is 22.7. The number of thiophene rings is 1. The average molecular weight is 264 g/mol. The van der Waals surface area contributed by atoms with E-state index in [4.69, 9.17) is 5.11 Å². The van der Waals surface area contributed by atoms with Gasteiger partial charge in [-0.3, -0.25) is 4.79 Å². The van der Waals surface area contributed by atoms with Gasteiger partial charge in [-0.2, -0.15) is 0 Å². The standard InChI is InChI=1S/C13H9FO3S/c1-7(15)11-6-8(14)2-3-9(11)10-4-5-18-12(10)13(16)17/h2-6H,1H3,(H,16,17). The zero-order chi connectivity index (χ0) is 13.3. The fraction of sp³-hybridized carbons (Fsp3) is 0.0769. The van der Waals surface area contributed by atoms with Crippen LogP contribution in [0.2, 0.25) is 0 Å². The minimum absolute atomic E-state index is 0.143. The molecule has 0 saturated heterocycles. The monoisotopic (exact) mass is 264 g/mol. The molecule has 0 atom stereocenters. The fourth-order valence-electron chi connectivity index (χ4n) is 1.73. The molecule has 1 N–H and O–H groups in total. The van der Waals surface area contributed by atoms with E-state index in [2.05, 4.69) is 0 Å². The molecular formula is C13H9FO3S. The van der Waals surface area contributed by atoms with Crippen molar-refractivity contribution >= 4 is 23.1 Å². The molecule has 0 aliphatic carbocycles. The Hall–Kier alpha value is -2.01. The van der Waals surface area contributed by atoms with Crippen molar-refractivity contribution in [3.8, 4) is 11.1 Å². The Morgan fingerprint density at radius 1 is 1.22 bits per heavy atom. The van der Waals surface area contributed by atoms with E-state index in [-0.39, 0.29) is 16.2 Å². The molecule has 18 heavy (non-hydrogen) atoms. The molecule has 2 aromatic rings. The normalized spacial score (nSPS) is 10.3. The van der Waals surface area contributed by atoms with Crippen molar-refractivity contribution < 1.29 is 19.1 Å². The Labute approximate surface area is 107 Å². The number of carbonyl (C=O) groups is 2. The molecule has 0 aliphatic heterocycles. The summed E-state index contributed by atoms with van der Waals surface area (Å²) in [7, 11) is 0. The highest BCUT2D eigenvalue weighted by Crippen LogP contribution is 2.31. The summed E-state index contributed by atoms with van der Waals surface area (Å²) in [5, 5.41) is 10.7. The van der Waals surface area contributed by atoms with Crippen LogP contribution in [0.15, 0.2) is 29.6 Å². The minimum Gasteiger partial charge on any atom is -0.477 e. The number of rotatable bonds is 3. The molecule has 1 aromatic carbocycles. The molecule has 0 radical (unpaired) electrons. The largest absolute Gasteiger partial charge is 0.477 e. The first-order valence-corrected chi connectivity index (χ1v) is 6.00. The number of aromatic carboxylic acids is 1. The lowest BCUT2D eigenvalue weighted by Crippen LogP contribution is -2.00. The van der Waals surface area contributed by atoms with Crippen molar-refractivity contribution in [2.45, 2.75) is 6.92 Å². The second-order valence-corrected chi connectivity index (χ2v) is 4.63. The quantitative estimate of drug-likeness (QED) is 0.864. The van der Waals surface area contributed by atoms with E-state index < -0.39 is 11.8 Å². The van der Waals surface area contributed by atoms with Crippen LogP contribution < -0.4 is 0 Å². The van der Waals surface area contributed by atoms with Gasteiger partial charge in [-0.05, 0) is 36.1 Å². The molecule has 92 valence electrons. The third-order valence-corrected chi connectivity index (χ3v) is 3.41. The van der Waals surface area contributed by atoms with E-state index in [0.717, 1.165) is 17.4 Å². The van der Waals surface area contributed by atoms with Gasteiger partial charge in [-0.25, -0.2) is 9.18 Å². The third kappa shape index (κ3) is 2.17. The van der Waals surface area contributed by atoms with Crippen LogP contribution in [-0.4, -0.2) is 16.9 Å². The second kappa shape index (κ2) is 4.70. The van der Waals surface area contributed by atoms with E-state index in [1.807, 2.05) is 0 Å². The average Bonchev–Trinajstić information content (AvgIpc) is 2.77. The molecule has 3 nitrogen and oxygen atoms in total. The molecule has 0 saturated carbocycles. The predicted octanol–water partition coefficient (Wildman–Crippen LogP) is 3.46. The minimum atomic E-state index is -1.06. The van der Waals surface area contributed by atoms with Gasteiger partial charge in [0, 0.05) is 11.1 Å². The zero-order valence-corrected chi connectivity index (χ0v) is 10.3. The van der Waals surface area contributed by atoms with Crippen molar-refractivity contribution in [1.29, 1.82) is 0 Å². The van der Waals surface area contributed by atoms with Gasteiger partial charge in [-0.15, -0.1) is 11.3 Å². The Kier molecular flexibility index (Phi) is 3.25. The third-order valence-electron chi connectivity index (χ3n) is 2.51. The molecule has 1 aromatic heterocycles.